The molecule has 1 N–H and O–H groups in total. The van der Waals surface area contributed by atoms with Crippen molar-refractivity contribution in [2.45, 2.75) is 18.7 Å². The Morgan fingerprint density at radius 2 is 1.65 bits per heavy atom. The van der Waals surface area contributed by atoms with Crippen molar-refractivity contribution in [3.63, 3.8) is 0 Å². The number of carbonyl (C=O) groups is 1. The van der Waals surface area contributed by atoms with Gasteiger partial charge in [0.05, 0.1) is 17.7 Å². The van der Waals surface area contributed by atoms with Crippen LogP contribution in [0.5, 0.6) is 5.75 Å². The van der Waals surface area contributed by atoms with E-state index in [1.54, 1.807) is 54.6 Å². The second-order valence-electron chi connectivity index (χ2n) is 7.03. The van der Waals surface area contributed by atoms with Crippen LogP contribution in [0.4, 0.5) is 11.4 Å². The van der Waals surface area contributed by atoms with E-state index in [-0.39, 0.29) is 4.90 Å². The molecule has 0 saturated heterocycles. The van der Waals surface area contributed by atoms with Crippen LogP contribution in [0.15, 0.2) is 71.6 Å². The van der Waals surface area contributed by atoms with Gasteiger partial charge >= 0.3 is 0 Å². The molecule has 0 heterocycles. The first-order valence-corrected chi connectivity index (χ1v) is 11.3. The maximum absolute atomic E-state index is 13.4. The van der Waals surface area contributed by atoms with Gasteiger partial charge in [-0.3, -0.25) is 9.10 Å². The monoisotopic (exact) mass is 458 g/mol. The molecule has 0 fully saturated rings. The summed E-state index contributed by atoms with van der Waals surface area (Å²) in [6.45, 7) is 3.36. The number of carbonyl (C=O) groups excluding carboxylic acids is 1. The molecule has 0 atom stereocenters. The van der Waals surface area contributed by atoms with Gasteiger partial charge in [0.2, 0.25) is 5.91 Å². The lowest BCUT2D eigenvalue weighted by Gasteiger charge is -2.24. The maximum Gasteiger partial charge on any atom is 0.264 e. The summed E-state index contributed by atoms with van der Waals surface area (Å²) in [6.07, 6.45) is 0. The molecule has 0 bridgehead atoms. The van der Waals surface area contributed by atoms with Crippen LogP contribution in [0, 0.1) is 13.8 Å². The Hall–Kier alpha value is -3.03. The average molecular weight is 459 g/mol. The summed E-state index contributed by atoms with van der Waals surface area (Å²) < 4.78 is 33.0. The van der Waals surface area contributed by atoms with Gasteiger partial charge in [-0.15, -0.1) is 0 Å². The van der Waals surface area contributed by atoms with Crippen LogP contribution in [-0.2, 0) is 14.8 Å². The molecule has 162 valence electrons. The van der Waals surface area contributed by atoms with Gasteiger partial charge in [0.15, 0.2) is 0 Å². The summed E-state index contributed by atoms with van der Waals surface area (Å²) in [5.41, 5.74) is 2.73. The number of benzene rings is 3. The van der Waals surface area contributed by atoms with E-state index in [2.05, 4.69) is 5.32 Å². The molecule has 8 heteroatoms. The Bertz CT molecular complexity index is 1180. The maximum atomic E-state index is 13.4. The van der Waals surface area contributed by atoms with E-state index in [0.717, 1.165) is 15.4 Å². The summed E-state index contributed by atoms with van der Waals surface area (Å²) >= 11 is 6.12. The van der Waals surface area contributed by atoms with E-state index in [1.165, 1.54) is 19.2 Å². The highest BCUT2D eigenvalue weighted by Crippen LogP contribution is 2.26. The number of nitrogens with one attached hydrogen (secondary N) is 1. The first-order valence-electron chi connectivity index (χ1n) is 9.50. The quantitative estimate of drug-likeness (QED) is 0.551. The van der Waals surface area contributed by atoms with Gasteiger partial charge in [-0.25, -0.2) is 8.42 Å². The standard InChI is InChI=1S/C23H23ClN2O4S/c1-16-4-8-19(9-5-16)26(31(28,29)21-12-10-20(30-3)11-13-21)15-23(27)25-18-7-6-17(2)22(24)14-18/h4-14H,15H2,1-3H3,(H,25,27). The molecule has 3 aromatic rings. The van der Waals surface area contributed by atoms with Crippen molar-refractivity contribution in [3.8, 4) is 5.75 Å². The molecule has 31 heavy (non-hydrogen) atoms. The zero-order chi connectivity index (χ0) is 22.6. The Kier molecular flexibility index (Phi) is 6.87. The van der Waals surface area contributed by atoms with Crippen molar-refractivity contribution in [2.75, 3.05) is 23.3 Å². The third-order valence-electron chi connectivity index (χ3n) is 4.71. The molecule has 6 nitrogen and oxygen atoms in total. The molecule has 1 amide bonds. The van der Waals surface area contributed by atoms with Gasteiger partial charge in [-0.2, -0.15) is 0 Å². The third-order valence-corrected chi connectivity index (χ3v) is 6.91. The van der Waals surface area contributed by atoms with Gasteiger partial charge in [0.1, 0.15) is 12.3 Å². The van der Waals surface area contributed by atoms with Gasteiger partial charge in [-0.05, 0) is 67.9 Å². The molecule has 0 radical (unpaired) electrons. The molecular formula is C23H23ClN2O4S. The molecule has 0 spiro atoms. The Morgan fingerprint density at radius 3 is 2.23 bits per heavy atom. The van der Waals surface area contributed by atoms with Crippen molar-refractivity contribution in [3.05, 3.63) is 82.9 Å². The van der Waals surface area contributed by atoms with Crippen LogP contribution >= 0.6 is 11.6 Å². The molecule has 0 saturated carbocycles. The third kappa shape index (κ3) is 5.37. The second-order valence-corrected chi connectivity index (χ2v) is 9.30. The van der Waals surface area contributed by atoms with Gasteiger partial charge in [0.25, 0.3) is 10.0 Å². The number of aryl methyl sites for hydroxylation is 2. The number of amides is 1. The fourth-order valence-electron chi connectivity index (χ4n) is 2.90. The molecular weight excluding hydrogens is 436 g/mol. The van der Waals surface area contributed by atoms with Crippen LogP contribution in [0.2, 0.25) is 5.02 Å². The molecule has 0 aromatic heterocycles. The number of methoxy groups -OCH3 is 1. The van der Waals surface area contributed by atoms with Gasteiger partial charge < -0.3 is 10.1 Å². The van der Waals surface area contributed by atoms with Crippen LogP contribution in [0.3, 0.4) is 0 Å². The molecule has 3 aromatic carbocycles. The fourth-order valence-corrected chi connectivity index (χ4v) is 4.50. The number of rotatable bonds is 7. The predicted octanol–water partition coefficient (Wildman–Crippen LogP) is 4.80. The first kappa shape index (κ1) is 22.7. The summed E-state index contributed by atoms with van der Waals surface area (Å²) in [5, 5.41) is 3.23. The van der Waals surface area contributed by atoms with Crippen molar-refractivity contribution in [1.29, 1.82) is 0 Å². The molecule has 0 aliphatic heterocycles. The first-order chi connectivity index (χ1) is 14.7. The van der Waals surface area contributed by atoms with E-state index >= 15 is 0 Å². The minimum atomic E-state index is -4.00. The summed E-state index contributed by atoms with van der Waals surface area (Å²) in [6, 6.07) is 18.1. The Labute approximate surface area is 187 Å². The summed E-state index contributed by atoms with van der Waals surface area (Å²) in [5.74, 6) is 0.0485. The number of ether oxygens (including phenoxy) is 1. The number of anilines is 2. The van der Waals surface area contributed by atoms with Crippen molar-refractivity contribution in [2.24, 2.45) is 0 Å². The SMILES string of the molecule is COc1ccc(S(=O)(=O)N(CC(=O)Nc2ccc(C)c(Cl)c2)c2ccc(C)cc2)cc1. The highest BCUT2D eigenvalue weighted by Gasteiger charge is 2.27. The van der Waals surface area contributed by atoms with E-state index in [1.807, 2.05) is 13.8 Å². The van der Waals surface area contributed by atoms with Crippen molar-refractivity contribution >= 4 is 38.9 Å². The summed E-state index contributed by atoms with van der Waals surface area (Å²) in [4.78, 5) is 12.8. The predicted molar refractivity (Wildman–Crippen MR) is 124 cm³/mol. The largest absolute Gasteiger partial charge is 0.497 e. The van der Waals surface area contributed by atoms with Crippen LogP contribution in [-0.4, -0.2) is 28.0 Å². The zero-order valence-corrected chi connectivity index (χ0v) is 19.0. The number of hydrogen-bond donors (Lipinski definition) is 1. The smallest absolute Gasteiger partial charge is 0.264 e. The Morgan fingerprint density at radius 1 is 1.00 bits per heavy atom. The molecule has 0 aliphatic rings. The lowest BCUT2D eigenvalue weighted by atomic mass is 10.2. The number of sulfonamides is 1. The molecule has 3 rings (SSSR count). The van der Waals surface area contributed by atoms with Gasteiger partial charge in [0, 0.05) is 10.7 Å². The fraction of sp³-hybridized carbons (Fsp3) is 0.174. The Balaban J connectivity index is 1.92. The van der Waals surface area contributed by atoms with Crippen LogP contribution in [0.25, 0.3) is 0 Å². The zero-order valence-electron chi connectivity index (χ0n) is 17.4. The lowest BCUT2D eigenvalue weighted by Crippen LogP contribution is -2.38. The normalized spacial score (nSPS) is 11.1. The second kappa shape index (κ2) is 9.41. The highest BCUT2D eigenvalue weighted by molar-refractivity contribution is 7.92. The van der Waals surface area contributed by atoms with E-state index in [9.17, 15) is 13.2 Å². The lowest BCUT2D eigenvalue weighted by molar-refractivity contribution is -0.114. The van der Waals surface area contributed by atoms with E-state index < -0.39 is 22.5 Å². The van der Waals surface area contributed by atoms with Crippen LogP contribution < -0.4 is 14.4 Å². The topological polar surface area (TPSA) is 75.7 Å². The molecule has 0 aliphatic carbocycles. The minimum Gasteiger partial charge on any atom is -0.497 e. The average Bonchev–Trinajstić information content (AvgIpc) is 2.75. The van der Waals surface area contributed by atoms with Crippen molar-refractivity contribution in [1.82, 2.24) is 0 Å². The van der Waals surface area contributed by atoms with Gasteiger partial charge in [-0.1, -0.05) is 35.4 Å². The summed E-state index contributed by atoms with van der Waals surface area (Å²) in [7, 11) is -2.50. The number of nitrogens with zero attached hydrogens (tertiary/aromatic N) is 1. The van der Waals surface area contributed by atoms with E-state index in [4.69, 9.17) is 16.3 Å². The number of hydrogen-bond acceptors (Lipinski definition) is 4. The van der Waals surface area contributed by atoms with Crippen LogP contribution in [0.1, 0.15) is 11.1 Å². The molecule has 0 unspecified atom stereocenters. The van der Waals surface area contributed by atoms with Crippen molar-refractivity contribution < 1.29 is 17.9 Å². The number of halogens is 1. The van der Waals surface area contributed by atoms with E-state index in [0.29, 0.717) is 22.1 Å². The highest BCUT2D eigenvalue weighted by atomic mass is 35.5. The minimum absolute atomic E-state index is 0.0556.